The van der Waals surface area contributed by atoms with Crippen LogP contribution in [-0.2, 0) is 12.8 Å². The summed E-state index contributed by atoms with van der Waals surface area (Å²) in [7, 11) is 0. The van der Waals surface area contributed by atoms with E-state index in [1.54, 1.807) is 0 Å². The van der Waals surface area contributed by atoms with Crippen LogP contribution in [0.5, 0.6) is 0 Å². The number of nitrogens with one attached hydrogen (secondary N) is 2. The zero-order valence-corrected chi connectivity index (χ0v) is 17.5. The van der Waals surface area contributed by atoms with Gasteiger partial charge in [-0.15, -0.1) is 24.0 Å². The van der Waals surface area contributed by atoms with Gasteiger partial charge in [-0.25, -0.2) is 0 Å². The smallest absolute Gasteiger partial charge is 0.191 e. The maximum atomic E-state index is 4.79. The maximum Gasteiger partial charge on any atom is 0.191 e. The topological polar surface area (TPSA) is 54.2 Å². The van der Waals surface area contributed by atoms with E-state index in [1.807, 2.05) is 0 Å². The molecule has 0 spiro atoms. The van der Waals surface area contributed by atoms with E-state index in [2.05, 4.69) is 42.3 Å². The molecule has 0 saturated heterocycles. The van der Waals surface area contributed by atoms with Crippen LogP contribution in [0.15, 0.2) is 11.2 Å². The summed E-state index contributed by atoms with van der Waals surface area (Å²) < 4.78 is 2.10. The quantitative estimate of drug-likeness (QED) is 0.416. The number of hydrogen-bond acceptors (Lipinski definition) is 2. The van der Waals surface area contributed by atoms with E-state index in [9.17, 15) is 0 Å². The normalized spacial score (nSPS) is 21.0. The fourth-order valence-electron chi connectivity index (χ4n) is 3.31. The Morgan fingerprint density at radius 2 is 2.17 bits per heavy atom. The van der Waals surface area contributed by atoms with Gasteiger partial charge in [0.15, 0.2) is 5.96 Å². The highest BCUT2D eigenvalue weighted by Crippen LogP contribution is 2.26. The molecular formula is C18H32IN5. The highest BCUT2D eigenvalue weighted by molar-refractivity contribution is 14.0. The lowest BCUT2D eigenvalue weighted by molar-refractivity contribution is 0.325. The molecule has 1 unspecified atom stereocenters. The van der Waals surface area contributed by atoms with E-state index in [4.69, 9.17) is 10.1 Å². The number of nitrogens with zero attached hydrogens (tertiary/aromatic N) is 3. The molecule has 0 radical (unpaired) electrons. The molecule has 136 valence electrons. The van der Waals surface area contributed by atoms with Crippen molar-refractivity contribution in [1.29, 1.82) is 0 Å². The van der Waals surface area contributed by atoms with Gasteiger partial charge in [0.05, 0.1) is 5.69 Å². The molecule has 24 heavy (non-hydrogen) atoms. The minimum absolute atomic E-state index is 0. The number of fused-ring (bicyclic) bond motifs is 1. The average Bonchev–Trinajstić information content (AvgIpc) is 2.89. The van der Waals surface area contributed by atoms with Crippen molar-refractivity contribution in [1.82, 2.24) is 20.4 Å². The van der Waals surface area contributed by atoms with E-state index in [-0.39, 0.29) is 24.0 Å². The highest BCUT2D eigenvalue weighted by Gasteiger charge is 2.23. The van der Waals surface area contributed by atoms with Gasteiger partial charge >= 0.3 is 0 Å². The summed E-state index contributed by atoms with van der Waals surface area (Å²) in [5.41, 5.74) is 2.69. The first-order chi connectivity index (χ1) is 11.2. The van der Waals surface area contributed by atoms with E-state index in [0.29, 0.717) is 12.1 Å². The van der Waals surface area contributed by atoms with Crippen molar-refractivity contribution >= 4 is 29.9 Å². The summed E-state index contributed by atoms with van der Waals surface area (Å²) in [4.78, 5) is 4.79. The maximum absolute atomic E-state index is 4.79. The van der Waals surface area contributed by atoms with Crippen molar-refractivity contribution in [3.8, 4) is 0 Å². The summed E-state index contributed by atoms with van der Waals surface area (Å²) >= 11 is 0. The van der Waals surface area contributed by atoms with Gasteiger partial charge in [0.2, 0.25) is 0 Å². The largest absolute Gasteiger partial charge is 0.357 e. The van der Waals surface area contributed by atoms with Gasteiger partial charge in [-0.05, 0) is 57.9 Å². The van der Waals surface area contributed by atoms with Crippen LogP contribution >= 0.6 is 24.0 Å². The van der Waals surface area contributed by atoms with Gasteiger partial charge in [-0.1, -0.05) is 6.42 Å². The lowest BCUT2D eigenvalue weighted by atomic mass is 9.86. The summed E-state index contributed by atoms with van der Waals surface area (Å²) in [6.07, 6.45) is 9.58. The molecule has 1 aromatic rings. The van der Waals surface area contributed by atoms with E-state index >= 15 is 0 Å². The van der Waals surface area contributed by atoms with Crippen molar-refractivity contribution in [2.45, 2.75) is 71.4 Å². The third kappa shape index (κ3) is 4.86. The van der Waals surface area contributed by atoms with Gasteiger partial charge in [-0.3, -0.25) is 9.67 Å². The molecule has 6 heteroatoms. The molecule has 2 aliphatic rings. The van der Waals surface area contributed by atoms with Crippen LogP contribution in [0, 0.1) is 5.92 Å². The zero-order chi connectivity index (χ0) is 16.2. The number of rotatable bonds is 5. The van der Waals surface area contributed by atoms with Crippen LogP contribution in [0.4, 0.5) is 0 Å². The first-order valence-corrected chi connectivity index (χ1v) is 9.27. The fraction of sp³-hybridized carbons (Fsp3) is 0.778. The second-order valence-electron chi connectivity index (χ2n) is 7.28. The second-order valence-corrected chi connectivity index (χ2v) is 7.28. The molecule has 1 fully saturated rings. The highest BCUT2D eigenvalue weighted by atomic mass is 127. The predicted molar refractivity (Wildman–Crippen MR) is 110 cm³/mol. The summed E-state index contributed by atoms with van der Waals surface area (Å²) in [6.45, 7) is 8.38. The summed E-state index contributed by atoms with van der Waals surface area (Å²) in [6, 6.07) is 0.880. The van der Waals surface area contributed by atoms with E-state index in [1.165, 1.54) is 30.5 Å². The fourth-order valence-corrected chi connectivity index (χ4v) is 3.31. The van der Waals surface area contributed by atoms with Crippen molar-refractivity contribution in [2.24, 2.45) is 10.9 Å². The molecule has 0 bridgehead atoms. The first-order valence-electron chi connectivity index (χ1n) is 9.27. The van der Waals surface area contributed by atoms with Crippen LogP contribution in [0.1, 0.15) is 63.8 Å². The van der Waals surface area contributed by atoms with E-state index < -0.39 is 0 Å². The minimum atomic E-state index is 0. The molecule has 0 aliphatic heterocycles. The van der Waals surface area contributed by atoms with Gasteiger partial charge < -0.3 is 10.6 Å². The van der Waals surface area contributed by atoms with Gasteiger partial charge in [-0.2, -0.15) is 5.10 Å². The number of aromatic nitrogens is 2. The third-order valence-electron chi connectivity index (χ3n) is 5.04. The molecule has 2 aliphatic carbocycles. The monoisotopic (exact) mass is 445 g/mol. The summed E-state index contributed by atoms with van der Waals surface area (Å²) in [5.74, 6) is 1.79. The Bertz CT molecular complexity index is 548. The molecule has 0 amide bonds. The number of halogens is 1. The van der Waals surface area contributed by atoms with Crippen molar-refractivity contribution in [2.75, 3.05) is 13.1 Å². The second kappa shape index (κ2) is 9.06. The number of hydrogen-bond donors (Lipinski definition) is 2. The molecule has 2 N–H and O–H groups in total. The Kier molecular flexibility index (Phi) is 7.37. The van der Waals surface area contributed by atoms with Gasteiger partial charge in [0, 0.05) is 37.8 Å². The van der Waals surface area contributed by atoms with E-state index in [0.717, 1.165) is 44.2 Å². The molecular weight excluding hydrogens is 413 g/mol. The molecule has 1 heterocycles. The Morgan fingerprint density at radius 3 is 2.79 bits per heavy atom. The van der Waals surface area contributed by atoms with Crippen molar-refractivity contribution in [3.05, 3.63) is 17.5 Å². The Hall–Kier alpha value is -0.790. The predicted octanol–water partition coefficient (Wildman–Crippen LogP) is 3.29. The van der Waals surface area contributed by atoms with Crippen molar-refractivity contribution < 1.29 is 0 Å². The Labute approximate surface area is 163 Å². The molecule has 0 aromatic carbocycles. The first kappa shape index (κ1) is 19.5. The van der Waals surface area contributed by atoms with Crippen LogP contribution in [-0.4, -0.2) is 34.9 Å². The van der Waals surface area contributed by atoms with Crippen molar-refractivity contribution in [3.63, 3.8) is 0 Å². The SMILES string of the molecule is CCNC(=NCC1CCC1)NC1CCc2cn(C(C)C)nc2C1.I. The zero-order valence-electron chi connectivity index (χ0n) is 15.2. The lowest BCUT2D eigenvalue weighted by Crippen LogP contribution is -2.46. The Morgan fingerprint density at radius 1 is 1.38 bits per heavy atom. The number of guanidine groups is 1. The van der Waals surface area contributed by atoms with Crippen LogP contribution < -0.4 is 10.6 Å². The molecule has 1 atom stereocenters. The average molecular weight is 445 g/mol. The summed E-state index contributed by atoms with van der Waals surface area (Å²) in [5, 5.41) is 11.8. The van der Waals surface area contributed by atoms with Crippen LogP contribution in [0.3, 0.4) is 0 Å². The minimum Gasteiger partial charge on any atom is -0.357 e. The van der Waals surface area contributed by atoms with Crippen LogP contribution in [0.2, 0.25) is 0 Å². The third-order valence-corrected chi connectivity index (χ3v) is 5.04. The Balaban J connectivity index is 0.00000208. The molecule has 1 saturated carbocycles. The lowest BCUT2D eigenvalue weighted by Gasteiger charge is -2.26. The number of aryl methyl sites for hydroxylation is 1. The van der Waals surface area contributed by atoms with Gasteiger partial charge in [0.25, 0.3) is 0 Å². The molecule has 5 nitrogen and oxygen atoms in total. The van der Waals surface area contributed by atoms with Crippen LogP contribution in [0.25, 0.3) is 0 Å². The standard InChI is InChI=1S/C18H31N5.HI/c1-4-19-18(20-11-14-6-5-7-14)21-16-9-8-15-12-23(13(2)3)22-17(15)10-16;/h12-14,16H,4-11H2,1-3H3,(H2,19,20,21);1H. The molecule has 3 rings (SSSR count). The van der Waals surface area contributed by atoms with Gasteiger partial charge in [0.1, 0.15) is 0 Å². The number of aliphatic imine (C=N–C) groups is 1. The molecule has 1 aromatic heterocycles.